The zero-order valence-electron chi connectivity index (χ0n) is 8.66. The molecule has 0 aliphatic carbocycles. The summed E-state index contributed by atoms with van der Waals surface area (Å²) in [5.74, 6) is 1.60. The number of anilines is 1. The van der Waals surface area contributed by atoms with E-state index in [2.05, 4.69) is 5.32 Å². The molecule has 0 aromatic heterocycles. The predicted octanol–water partition coefficient (Wildman–Crippen LogP) is 2.56. The summed E-state index contributed by atoms with van der Waals surface area (Å²) >= 11 is 0. The lowest BCUT2D eigenvalue weighted by Gasteiger charge is -2.08. The first-order chi connectivity index (χ1) is 6.30. The molecule has 0 heterocycles. The Morgan fingerprint density at radius 1 is 1.07 bits per heavy atom. The van der Waals surface area contributed by atoms with Crippen LogP contribution < -0.4 is 14.8 Å². The SMILES string of the molecule is CCNc1cc(OC)cc(OC)c1.Cl. The lowest BCUT2D eigenvalue weighted by molar-refractivity contribution is 0.394. The molecule has 0 atom stereocenters. The van der Waals surface area contributed by atoms with Gasteiger partial charge in [-0.25, -0.2) is 0 Å². The Labute approximate surface area is 90.8 Å². The summed E-state index contributed by atoms with van der Waals surface area (Å²) < 4.78 is 10.2. The molecule has 0 saturated heterocycles. The molecule has 4 heteroatoms. The van der Waals surface area contributed by atoms with Crippen molar-refractivity contribution in [2.75, 3.05) is 26.1 Å². The highest BCUT2D eigenvalue weighted by atomic mass is 35.5. The Morgan fingerprint density at radius 3 is 1.93 bits per heavy atom. The van der Waals surface area contributed by atoms with Gasteiger partial charge in [0.25, 0.3) is 0 Å². The smallest absolute Gasteiger partial charge is 0.124 e. The van der Waals surface area contributed by atoms with Crippen LogP contribution in [0.2, 0.25) is 0 Å². The average molecular weight is 218 g/mol. The second kappa shape index (κ2) is 6.38. The molecule has 0 unspecified atom stereocenters. The summed E-state index contributed by atoms with van der Waals surface area (Å²) in [5, 5.41) is 3.20. The van der Waals surface area contributed by atoms with E-state index in [1.54, 1.807) is 14.2 Å². The fraction of sp³-hybridized carbons (Fsp3) is 0.400. The van der Waals surface area contributed by atoms with Crippen LogP contribution in [0, 0.1) is 0 Å². The van der Waals surface area contributed by atoms with Gasteiger partial charge >= 0.3 is 0 Å². The summed E-state index contributed by atoms with van der Waals surface area (Å²) in [6.07, 6.45) is 0. The van der Waals surface area contributed by atoms with Gasteiger partial charge in [-0.1, -0.05) is 0 Å². The van der Waals surface area contributed by atoms with Crippen molar-refractivity contribution >= 4 is 18.1 Å². The van der Waals surface area contributed by atoms with E-state index in [0.29, 0.717) is 0 Å². The van der Waals surface area contributed by atoms with Crippen molar-refractivity contribution in [3.8, 4) is 11.5 Å². The van der Waals surface area contributed by atoms with Crippen molar-refractivity contribution in [2.45, 2.75) is 6.92 Å². The highest BCUT2D eigenvalue weighted by molar-refractivity contribution is 5.85. The third kappa shape index (κ3) is 3.34. The fourth-order valence-electron chi connectivity index (χ4n) is 1.11. The molecule has 1 N–H and O–H groups in total. The minimum absolute atomic E-state index is 0. The predicted molar refractivity (Wildman–Crippen MR) is 61.0 cm³/mol. The van der Waals surface area contributed by atoms with Gasteiger partial charge in [-0.05, 0) is 6.92 Å². The van der Waals surface area contributed by atoms with Crippen LogP contribution in [-0.4, -0.2) is 20.8 Å². The quantitative estimate of drug-likeness (QED) is 0.841. The van der Waals surface area contributed by atoms with Gasteiger partial charge in [0, 0.05) is 30.4 Å². The van der Waals surface area contributed by atoms with Gasteiger partial charge in [-0.3, -0.25) is 0 Å². The van der Waals surface area contributed by atoms with Crippen molar-refractivity contribution in [3.63, 3.8) is 0 Å². The summed E-state index contributed by atoms with van der Waals surface area (Å²) in [4.78, 5) is 0. The molecule has 0 spiro atoms. The van der Waals surface area contributed by atoms with Gasteiger partial charge in [0.05, 0.1) is 14.2 Å². The Hall–Kier alpha value is -1.09. The number of benzene rings is 1. The summed E-state index contributed by atoms with van der Waals surface area (Å²) in [6, 6.07) is 5.72. The third-order valence-electron chi connectivity index (χ3n) is 1.73. The molecular formula is C10H16ClNO2. The van der Waals surface area contributed by atoms with Crippen molar-refractivity contribution in [2.24, 2.45) is 0 Å². The van der Waals surface area contributed by atoms with Crippen LogP contribution in [-0.2, 0) is 0 Å². The summed E-state index contributed by atoms with van der Waals surface area (Å²) in [7, 11) is 3.29. The maximum Gasteiger partial charge on any atom is 0.124 e. The first kappa shape index (κ1) is 12.9. The molecule has 0 amide bonds. The molecular weight excluding hydrogens is 202 g/mol. The molecule has 14 heavy (non-hydrogen) atoms. The Bertz CT molecular complexity index is 257. The lowest BCUT2D eigenvalue weighted by atomic mass is 10.3. The van der Waals surface area contributed by atoms with Crippen LogP contribution in [0.3, 0.4) is 0 Å². The maximum atomic E-state index is 5.12. The normalized spacial score (nSPS) is 8.79. The molecule has 0 aliphatic rings. The number of hydrogen-bond donors (Lipinski definition) is 1. The van der Waals surface area contributed by atoms with Gasteiger partial charge < -0.3 is 14.8 Å². The standard InChI is InChI=1S/C10H15NO2.ClH/c1-4-11-8-5-9(12-2)7-10(6-8)13-3;/h5-7,11H,4H2,1-3H3;1H. The van der Waals surface area contributed by atoms with Crippen molar-refractivity contribution in [1.82, 2.24) is 0 Å². The Morgan fingerprint density at radius 2 is 1.57 bits per heavy atom. The third-order valence-corrected chi connectivity index (χ3v) is 1.73. The number of hydrogen-bond acceptors (Lipinski definition) is 3. The minimum Gasteiger partial charge on any atom is -0.497 e. The van der Waals surface area contributed by atoms with Crippen LogP contribution in [0.4, 0.5) is 5.69 Å². The number of rotatable bonds is 4. The number of ether oxygens (including phenoxy) is 2. The van der Waals surface area contributed by atoms with Gasteiger partial charge in [-0.15, -0.1) is 12.4 Å². The number of halogens is 1. The largest absolute Gasteiger partial charge is 0.497 e. The van der Waals surface area contributed by atoms with Gasteiger partial charge in [0.1, 0.15) is 11.5 Å². The first-order valence-corrected chi connectivity index (χ1v) is 4.27. The molecule has 0 bridgehead atoms. The van der Waals surface area contributed by atoms with E-state index < -0.39 is 0 Å². The number of nitrogens with one attached hydrogen (secondary N) is 1. The molecule has 1 rings (SSSR count). The van der Waals surface area contributed by atoms with E-state index in [4.69, 9.17) is 9.47 Å². The lowest BCUT2D eigenvalue weighted by Crippen LogP contribution is -1.97. The van der Waals surface area contributed by atoms with E-state index in [1.165, 1.54) is 0 Å². The van der Waals surface area contributed by atoms with E-state index in [9.17, 15) is 0 Å². The molecule has 0 radical (unpaired) electrons. The van der Waals surface area contributed by atoms with Gasteiger partial charge in [0.2, 0.25) is 0 Å². The first-order valence-electron chi connectivity index (χ1n) is 4.27. The summed E-state index contributed by atoms with van der Waals surface area (Å²) in [5.41, 5.74) is 1.01. The monoisotopic (exact) mass is 217 g/mol. The molecule has 1 aromatic rings. The Kier molecular flexibility index (Phi) is 5.88. The van der Waals surface area contributed by atoms with Crippen molar-refractivity contribution in [1.29, 1.82) is 0 Å². The van der Waals surface area contributed by atoms with Crippen LogP contribution >= 0.6 is 12.4 Å². The fourth-order valence-corrected chi connectivity index (χ4v) is 1.11. The molecule has 0 fully saturated rings. The van der Waals surface area contributed by atoms with E-state index >= 15 is 0 Å². The number of methoxy groups -OCH3 is 2. The van der Waals surface area contributed by atoms with E-state index in [1.807, 2.05) is 25.1 Å². The molecule has 0 aliphatic heterocycles. The zero-order valence-corrected chi connectivity index (χ0v) is 9.48. The minimum atomic E-state index is 0. The van der Waals surface area contributed by atoms with E-state index in [0.717, 1.165) is 23.7 Å². The van der Waals surface area contributed by atoms with Crippen LogP contribution in [0.25, 0.3) is 0 Å². The second-order valence-corrected chi connectivity index (χ2v) is 2.63. The zero-order chi connectivity index (χ0) is 9.68. The van der Waals surface area contributed by atoms with Gasteiger partial charge in [-0.2, -0.15) is 0 Å². The average Bonchev–Trinajstić information content (AvgIpc) is 2.17. The van der Waals surface area contributed by atoms with Crippen molar-refractivity contribution < 1.29 is 9.47 Å². The molecule has 80 valence electrons. The van der Waals surface area contributed by atoms with Gasteiger partial charge in [0.15, 0.2) is 0 Å². The Balaban J connectivity index is 0.00000169. The van der Waals surface area contributed by atoms with Crippen LogP contribution in [0.5, 0.6) is 11.5 Å². The van der Waals surface area contributed by atoms with E-state index in [-0.39, 0.29) is 12.4 Å². The topological polar surface area (TPSA) is 30.5 Å². The molecule has 0 saturated carbocycles. The highest BCUT2D eigenvalue weighted by Gasteiger charge is 1.99. The van der Waals surface area contributed by atoms with Crippen LogP contribution in [0.15, 0.2) is 18.2 Å². The van der Waals surface area contributed by atoms with Crippen molar-refractivity contribution in [3.05, 3.63) is 18.2 Å². The molecule has 1 aromatic carbocycles. The van der Waals surface area contributed by atoms with Crippen LogP contribution in [0.1, 0.15) is 6.92 Å². The molecule has 3 nitrogen and oxygen atoms in total. The highest BCUT2D eigenvalue weighted by Crippen LogP contribution is 2.25. The maximum absolute atomic E-state index is 5.12. The second-order valence-electron chi connectivity index (χ2n) is 2.63. The summed E-state index contributed by atoms with van der Waals surface area (Å²) in [6.45, 7) is 2.93.